The highest BCUT2D eigenvalue weighted by Crippen LogP contribution is 2.70. The molecule has 7 nitrogen and oxygen atoms in total. The van der Waals surface area contributed by atoms with E-state index < -0.39 is 63.9 Å². The number of aromatic hydroxyl groups is 1. The fraction of sp³-hybridized carbons (Fsp3) is 0.441. The summed E-state index contributed by atoms with van der Waals surface area (Å²) in [6, 6.07) is 13.4. The summed E-state index contributed by atoms with van der Waals surface area (Å²) in [6.45, 7) is 3.08. The van der Waals surface area contributed by atoms with Crippen molar-refractivity contribution in [3.05, 3.63) is 83.5 Å². The van der Waals surface area contributed by atoms with Crippen LogP contribution in [0.25, 0.3) is 0 Å². The Balaban J connectivity index is 1.25. The number of thioether (sulfide) groups is 1. The van der Waals surface area contributed by atoms with E-state index in [2.05, 4.69) is 0 Å². The molecule has 0 aromatic heterocycles. The number of benzene rings is 2. The van der Waals surface area contributed by atoms with E-state index in [-0.39, 0.29) is 42.6 Å². The number of carboxylic acid groups (broad SMARTS) is 1. The van der Waals surface area contributed by atoms with Gasteiger partial charge in [0.25, 0.3) is 0 Å². The van der Waals surface area contributed by atoms with Crippen LogP contribution >= 0.6 is 11.8 Å². The molecule has 44 heavy (non-hydrogen) atoms. The zero-order valence-electron chi connectivity index (χ0n) is 24.3. The van der Waals surface area contributed by atoms with Crippen LogP contribution in [0.1, 0.15) is 55.5 Å². The van der Waals surface area contributed by atoms with Crippen LogP contribution in [0.15, 0.2) is 77.2 Å². The Morgan fingerprint density at radius 1 is 1.07 bits per heavy atom. The largest absolute Gasteiger partial charge is 0.508 e. The number of carbonyl (C=O) groups is 3. The van der Waals surface area contributed by atoms with Gasteiger partial charge in [0.15, 0.2) is 11.5 Å². The van der Waals surface area contributed by atoms with E-state index in [4.69, 9.17) is 4.74 Å². The molecule has 3 fully saturated rings. The SMILES string of the molecule is C[C@]12C=CC(=O)C=C1[C@@H](F)C[C@H]1[C@@H]3CC[C@](OC(=O)c4ccc(SCc5ccc(O)cc5)cc4)(C(=O)O)[C@@]3(C)C[C@H](O)[C@@]12F. The zero-order chi connectivity index (χ0) is 31.7. The molecule has 4 aliphatic carbocycles. The Labute approximate surface area is 258 Å². The number of fused-ring (bicyclic) bond motifs is 5. The third-order valence-corrected chi connectivity index (χ3v) is 11.9. The number of carboxylic acids is 1. The second kappa shape index (κ2) is 10.5. The Bertz CT molecular complexity index is 1570. The van der Waals surface area contributed by atoms with E-state index in [1.54, 1.807) is 43.3 Å². The maximum atomic E-state index is 17.4. The van der Waals surface area contributed by atoms with E-state index in [0.717, 1.165) is 16.5 Å². The fourth-order valence-corrected chi connectivity index (χ4v) is 9.27. The summed E-state index contributed by atoms with van der Waals surface area (Å²) in [4.78, 5) is 39.3. The van der Waals surface area contributed by atoms with Crippen molar-refractivity contribution in [2.75, 3.05) is 0 Å². The molecule has 0 radical (unpaired) electrons. The van der Waals surface area contributed by atoms with Gasteiger partial charge in [-0.1, -0.05) is 25.1 Å². The predicted octanol–water partition coefficient (Wildman–Crippen LogP) is 5.98. The standard InChI is InChI=1S/C34H34F2O7S/c1-31-13-11-22(38)15-26(31)27(35)16-25-24-12-14-33(30(41)42,32(24,2)17-28(39)34(25,31)36)43-29(40)20-5-9-23(10-6-20)44-18-19-3-7-21(37)8-4-19/h3-11,13,15,24-25,27-28,37,39H,12,14,16-18H2,1-2H3,(H,41,42)/t24-,25-,27-,28-,31-,32-,33-,34-/m0/s1. The van der Waals surface area contributed by atoms with Gasteiger partial charge in [-0.05, 0) is 98.2 Å². The van der Waals surface area contributed by atoms with Gasteiger partial charge < -0.3 is 20.1 Å². The van der Waals surface area contributed by atoms with Crippen LogP contribution in [-0.4, -0.2) is 56.6 Å². The Kier molecular flexibility index (Phi) is 7.32. The number of allylic oxidation sites excluding steroid dienone is 4. The first-order valence-corrected chi connectivity index (χ1v) is 15.7. The van der Waals surface area contributed by atoms with Crippen molar-refractivity contribution in [3.8, 4) is 5.75 Å². The van der Waals surface area contributed by atoms with E-state index in [0.29, 0.717) is 5.75 Å². The minimum atomic E-state index is -2.35. The average molecular weight is 625 g/mol. The molecule has 0 amide bonds. The number of esters is 1. The van der Waals surface area contributed by atoms with Crippen LogP contribution in [0.4, 0.5) is 8.78 Å². The number of rotatable bonds is 6. The van der Waals surface area contributed by atoms with Crippen LogP contribution in [0.5, 0.6) is 5.75 Å². The lowest BCUT2D eigenvalue weighted by Crippen LogP contribution is -2.70. The van der Waals surface area contributed by atoms with E-state index >= 15 is 8.78 Å². The predicted molar refractivity (Wildman–Crippen MR) is 159 cm³/mol. The third-order valence-electron chi connectivity index (χ3n) is 10.8. The van der Waals surface area contributed by atoms with Crippen molar-refractivity contribution in [1.29, 1.82) is 0 Å². The number of aliphatic carboxylic acids is 1. The zero-order valence-corrected chi connectivity index (χ0v) is 25.2. The van der Waals surface area contributed by atoms with Crippen molar-refractivity contribution in [1.82, 2.24) is 0 Å². The van der Waals surface area contributed by atoms with Gasteiger partial charge >= 0.3 is 11.9 Å². The van der Waals surface area contributed by atoms with Crippen LogP contribution in [0.2, 0.25) is 0 Å². The summed E-state index contributed by atoms with van der Waals surface area (Å²) in [6.07, 6.45) is -0.300. The van der Waals surface area contributed by atoms with Gasteiger partial charge in [-0.15, -0.1) is 11.8 Å². The lowest BCUT2D eigenvalue weighted by atomic mass is 9.44. The van der Waals surface area contributed by atoms with Crippen LogP contribution in [0.3, 0.4) is 0 Å². The molecule has 232 valence electrons. The first-order chi connectivity index (χ1) is 20.7. The summed E-state index contributed by atoms with van der Waals surface area (Å²) in [7, 11) is 0. The third kappa shape index (κ3) is 4.35. The molecular weight excluding hydrogens is 590 g/mol. The maximum Gasteiger partial charge on any atom is 0.348 e. The second-order valence-electron chi connectivity index (χ2n) is 12.9. The molecule has 10 heteroatoms. The highest BCUT2D eigenvalue weighted by Gasteiger charge is 2.77. The van der Waals surface area contributed by atoms with E-state index in [1.165, 1.54) is 30.8 Å². The Morgan fingerprint density at radius 2 is 1.75 bits per heavy atom. The number of phenols is 1. The molecular formula is C34H34F2O7S. The minimum absolute atomic E-state index is 0.00926. The van der Waals surface area contributed by atoms with Crippen LogP contribution < -0.4 is 0 Å². The maximum absolute atomic E-state index is 17.4. The summed E-state index contributed by atoms with van der Waals surface area (Å²) < 4.78 is 38.9. The topological polar surface area (TPSA) is 121 Å². The molecule has 0 spiro atoms. The van der Waals surface area contributed by atoms with Crippen molar-refractivity contribution in [2.24, 2.45) is 22.7 Å². The summed E-state index contributed by atoms with van der Waals surface area (Å²) >= 11 is 1.52. The minimum Gasteiger partial charge on any atom is -0.508 e. The summed E-state index contributed by atoms with van der Waals surface area (Å²) in [5, 5.41) is 31.5. The molecule has 4 aliphatic rings. The molecule has 2 aromatic carbocycles. The van der Waals surface area contributed by atoms with Gasteiger partial charge in [0, 0.05) is 27.4 Å². The highest BCUT2D eigenvalue weighted by atomic mass is 32.2. The molecule has 3 saturated carbocycles. The highest BCUT2D eigenvalue weighted by molar-refractivity contribution is 7.98. The van der Waals surface area contributed by atoms with Gasteiger partial charge in [0.2, 0.25) is 5.60 Å². The van der Waals surface area contributed by atoms with Gasteiger partial charge in [-0.3, -0.25) is 4.79 Å². The van der Waals surface area contributed by atoms with Gasteiger partial charge in [-0.25, -0.2) is 18.4 Å². The van der Waals surface area contributed by atoms with Crippen molar-refractivity contribution in [2.45, 2.75) is 73.7 Å². The second-order valence-corrected chi connectivity index (χ2v) is 13.9. The lowest BCUT2D eigenvalue weighted by molar-refractivity contribution is -0.226. The van der Waals surface area contributed by atoms with Gasteiger partial charge in [0.1, 0.15) is 11.9 Å². The average Bonchev–Trinajstić information content (AvgIpc) is 3.27. The number of alkyl halides is 2. The number of halogens is 2. The molecule has 2 aromatic rings. The molecule has 0 heterocycles. The van der Waals surface area contributed by atoms with Crippen molar-refractivity contribution < 1.29 is 43.2 Å². The number of aliphatic hydroxyl groups excluding tert-OH is 1. The number of hydrogen-bond acceptors (Lipinski definition) is 7. The summed E-state index contributed by atoms with van der Waals surface area (Å²) in [5.74, 6) is -3.66. The van der Waals surface area contributed by atoms with Crippen LogP contribution in [-0.2, 0) is 20.1 Å². The number of hydrogen-bond donors (Lipinski definition) is 3. The number of ether oxygens (including phenoxy) is 1. The number of ketones is 1. The lowest BCUT2D eigenvalue weighted by Gasteiger charge is -2.62. The molecule has 8 atom stereocenters. The van der Waals surface area contributed by atoms with Crippen molar-refractivity contribution >= 4 is 29.5 Å². The molecule has 0 unspecified atom stereocenters. The van der Waals surface area contributed by atoms with Crippen LogP contribution in [0, 0.1) is 22.7 Å². The first-order valence-electron chi connectivity index (χ1n) is 14.7. The van der Waals surface area contributed by atoms with E-state index in [9.17, 15) is 29.7 Å². The molecule has 0 aliphatic heterocycles. The quantitative estimate of drug-likeness (QED) is 0.265. The fourth-order valence-electron chi connectivity index (χ4n) is 8.42. The Hall–Kier alpha value is -3.50. The normalized spacial score (nSPS) is 37.4. The molecule has 0 bridgehead atoms. The number of phenolic OH excluding ortho intramolecular Hbond substituents is 1. The smallest absolute Gasteiger partial charge is 0.348 e. The van der Waals surface area contributed by atoms with Gasteiger partial charge in [-0.2, -0.15) is 0 Å². The summed E-state index contributed by atoms with van der Waals surface area (Å²) in [5.41, 5.74) is -6.26. The molecule has 3 N–H and O–H groups in total. The first kappa shape index (κ1) is 30.5. The Morgan fingerprint density at radius 3 is 2.41 bits per heavy atom. The van der Waals surface area contributed by atoms with E-state index in [1.807, 2.05) is 12.1 Å². The number of carbonyl (C=O) groups excluding carboxylic acids is 2. The monoisotopic (exact) mass is 624 g/mol. The van der Waals surface area contributed by atoms with Gasteiger partial charge in [0.05, 0.1) is 11.7 Å². The molecule has 6 rings (SSSR count). The molecule has 0 saturated heterocycles. The number of aliphatic hydroxyl groups is 1. The van der Waals surface area contributed by atoms with Crippen molar-refractivity contribution in [3.63, 3.8) is 0 Å².